The molecule has 8 N–H and O–H groups in total. The number of halogens is 1. The van der Waals surface area contributed by atoms with Gasteiger partial charge in [0, 0.05) is 23.0 Å². The molecule has 1 aliphatic rings. The van der Waals surface area contributed by atoms with E-state index in [0.29, 0.717) is 17.2 Å². The Morgan fingerprint density at radius 2 is 1.93 bits per heavy atom. The highest BCUT2D eigenvalue weighted by Gasteiger charge is 2.17. The van der Waals surface area contributed by atoms with E-state index in [0.717, 1.165) is 32.0 Å². The van der Waals surface area contributed by atoms with E-state index in [9.17, 15) is 9.50 Å². The molecule has 3 rings (SSSR count). The van der Waals surface area contributed by atoms with Crippen molar-refractivity contribution in [3.8, 4) is 5.75 Å². The zero-order valence-electron chi connectivity index (χ0n) is 15.0. The van der Waals surface area contributed by atoms with Crippen LogP contribution in [0.5, 0.6) is 5.75 Å². The van der Waals surface area contributed by atoms with Crippen LogP contribution in [0.3, 0.4) is 0 Å². The van der Waals surface area contributed by atoms with Gasteiger partial charge in [0.1, 0.15) is 5.82 Å². The second-order valence-electron chi connectivity index (χ2n) is 6.60. The molecule has 0 atom stereocenters. The van der Waals surface area contributed by atoms with Gasteiger partial charge in [0.05, 0.1) is 5.69 Å². The molecule has 7 heteroatoms. The second-order valence-corrected chi connectivity index (χ2v) is 6.60. The topological polar surface area (TPSA) is 123 Å². The van der Waals surface area contributed by atoms with Crippen molar-refractivity contribution < 1.29 is 9.50 Å². The third-order valence-electron chi connectivity index (χ3n) is 4.78. The van der Waals surface area contributed by atoms with Crippen LogP contribution in [0.25, 0.3) is 11.3 Å². The number of nitrogens with two attached hydrogens (primary N) is 3. The number of aromatic hydroxyl groups is 1. The molecule has 0 bridgehead atoms. The summed E-state index contributed by atoms with van der Waals surface area (Å²) in [6.45, 7) is 1.96. The number of benzene rings is 1. The van der Waals surface area contributed by atoms with Gasteiger partial charge in [-0.1, -0.05) is 6.07 Å². The predicted molar refractivity (Wildman–Crippen MR) is 105 cm³/mol. The van der Waals surface area contributed by atoms with Crippen LogP contribution in [0.1, 0.15) is 35.6 Å². The van der Waals surface area contributed by atoms with Crippen LogP contribution in [0.4, 0.5) is 4.39 Å². The van der Waals surface area contributed by atoms with Crippen LogP contribution in [-0.2, 0) is 0 Å². The first kappa shape index (κ1) is 18.7. The molecule has 0 unspecified atom stereocenters. The van der Waals surface area contributed by atoms with E-state index in [1.807, 2.05) is 12.1 Å². The zero-order chi connectivity index (χ0) is 19.4. The van der Waals surface area contributed by atoms with Gasteiger partial charge in [-0.15, -0.1) is 0 Å². The number of hydrogen-bond acceptors (Lipinski definition) is 6. The number of piperidine rings is 1. The first-order valence-corrected chi connectivity index (χ1v) is 8.84. The van der Waals surface area contributed by atoms with Crippen LogP contribution < -0.4 is 22.5 Å². The van der Waals surface area contributed by atoms with Crippen molar-refractivity contribution in [2.75, 3.05) is 13.1 Å². The van der Waals surface area contributed by atoms with Gasteiger partial charge in [0.2, 0.25) is 0 Å². The van der Waals surface area contributed by atoms with Gasteiger partial charge in [-0.05, 0) is 67.8 Å². The Labute approximate surface area is 157 Å². The maximum Gasteiger partial charge on any atom is 0.165 e. The molecule has 1 saturated heterocycles. The molecule has 0 amide bonds. The number of aromatic nitrogens is 1. The Bertz CT molecular complexity index is 884. The predicted octanol–water partition coefficient (Wildman–Crippen LogP) is 1.98. The van der Waals surface area contributed by atoms with Gasteiger partial charge in [0.25, 0.3) is 0 Å². The SMILES string of the molecule is NC(N)=C(/C=C(\N)c1cccc(F)c1O)c1cc(C2CCNCC2)ccn1. The second kappa shape index (κ2) is 8.09. The Hall–Kier alpha value is -3.06. The average molecular weight is 369 g/mol. The fraction of sp³-hybridized carbons (Fsp3) is 0.250. The summed E-state index contributed by atoms with van der Waals surface area (Å²) in [4.78, 5) is 4.37. The van der Waals surface area contributed by atoms with Gasteiger partial charge in [-0.25, -0.2) is 4.39 Å². The smallest absolute Gasteiger partial charge is 0.165 e. The largest absolute Gasteiger partial charge is 0.504 e. The molecule has 2 aromatic rings. The lowest BCUT2D eigenvalue weighted by Gasteiger charge is -2.23. The van der Waals surface area contributed by atoms with E-state index in [1.54, 1.807) is 6.20 Å². The van der Waals surface area contributed by atoms with E-state index >= 15 is 0 Å². The highest BCUT2D eigenvalue weighted by atomic mass is 19.1. The fourth-order valence-corrected chi connectivity index (χ4v) is 3.29. The lowest BCUT2D eigenvalue weighted by atomic mass is 9.90. The van der Waals surface area contributed by atoms with E-state index in [-0.39, 0.29) is 17.1 Å². The quantitative estimate of drug-likeness (QED) is 0.525. The summed E-state index contributed by atoms with van der Waals surface area (Å²) >= 11 is 0. The van der Waals surface area contributed by atoms with Gasteiger partial charge in [-0.3, -0.25) is 4.98 Å². The lowest BCUT2D eigenvalue weighted by molar-refractivity contribution is 0.431. The first-order chi connectivity index (χ1) is 13.0. The number of nitrogens with one attached hydrogen (secondary N) is 1. The zero-order valence-corrected chi connectivity index (χ0v) is 15.0. The number of para-hydroxylation sites is 1. The summed E-state index contributed by atoms with van der Waals surface area (Å²) in [5.41, 5.74) is 20.3. The standard InChI is InChI=1S/C20H24FN5O/c21-16-3-1-2-14(19(16)27)17(22)11-15(20(23)24)18-10-13(6-9-26-18)12-4-7-25-8-5-12/h1-3,6,9-12,25,27H,4-5,7-8,22-24H2/b17-11-. The number of rotatable bonds is 4. The van der Waals surface area contributed by atoms with Crippen molar-refractivity contribution in [2.45, 2.75) is 18.8 Å². The maximum absolute atomic E-state index is 13.6. The Morgan fingerprint density at radius 3 is 2.63 bits per heavy atom. The number of allylic oxidation sites excluding steroid dienone is 2. The van der Waals surface area contributed by atoms with E-state index in [1.165, 1.54) is 23.8 Å². The average Bonchev–Trinajstić information content (AvgIpc) is 2.68. The van der Waals surface area contributed by atoms with E-state index < -0.39 is 11.6 Å². The molecule has 1 aromatic carbocycles. The van der Waals surface area contributed by atoms with Crippen LogP contribution in [0, 0.1) is 5.82 Å². The molecule has 0 aliphatic carbocycles. The number of nitrogens with zero attached hydrogens (tertiary/aromatic N) is 1. The molecule has 0 spiro atoms. The molecule has 1 fully saturated rings. The minimum absolute atomic E-state index is 0.0452. The highest BCUT2D eigenvalue weighted by molar-refractivity contribution is 5.84. The number of pyridine rings is 1. The summed E-state index contributed by atoms with van der Waals surface area (Å²) in [5.74, 6) is -0.774. The number of phenols is 1. The lowest BCUT2D eigenvalue weighted by Crippen LogP contribution is -2.26. The molecule has 0 saturated carbocycles. The van der Waals surface area contributed by atoms with Gasteiger partial charge in [0.15, 0.2) is 11.6 Å². The Balaban J connectivity index is 1.97. The summed E-state index contributed by atoms with van der Waals surface area (Å²) in [7, 11) is 0. The van der Waals surface area contributed by atoms with E-state index in [4.69, 9.17) is 17.2 Å². The van der Waals surface area contributed by atoms with Crippen LogP contribution in [-0.4, -0.2) is 23.2 Å². The molecule has 1 aliphatic heterocycles. The minimum Gasteiger partial charge on any atom is -0.504 e. The molecule has 2 heterocycles. The molecule has 6 nitrogen and oxygen atoms in total. The van der Waals surface area contributed by atoms with Crippen LogP contribution in [0.2, 0.25) is 0 Å². The first-order valence-electron chi connectivity index (χ1n) is 8.84. The van der Waals surface area contributed by atoms with Crippen molar-refractivity contribution in [1.82, 2.24) is 10.3 Å². The number of hydrogen-bond donors (Lipinski definition) is 5. The molecular formula is C20H24FN5O. The summed E-state index contributed by atoms with van der Waals surface area (Å²) in [6, 6.07) is 8.10. The summed E-state index contributed by atoms with van der Waals surface area (Å²) < 4.78 is 13.6. The minimum atomic E-state index is -0.749. The third kappa shape index (κ3) is 4.20. The number of phenolic OH excluding ortho intramolecular Hbond substituents is 1. The summed E-state index contributed by atoms with van der Waals surface area (Å²) in [6.07, 6.45) is 5.34. The molecule has 0 radical (unpaired) electrons. The fourth-order valence-electron chi connectivity index (χ4n) is 3.29. The Kier molecular flexibility index (Phi) is 5.61. The molecular weight excluding hydrogens is 345 g/mol. The molecule has 27 heavy (non-hydrogen) atoms. The van der Waals surface area contributed by atoms with Crippen molar-refractivity contribution in [2.24, 2.45) is 17.2 Å². The normalized spacial score (nSPS) is 15.5. The highest BCUT2D eigenvalue weighted by Crippen LogP contribution is 2.29. The summed E-state index contributed by atoms with van der Waals surface area (Å²) in [5, 5.41) is 13.3. The van der Waals surface area contributed by atoms with Crippen molar-refractivity contribution in [3.63, 3.8) is 0 Å². The maximum atomic E-state index is 13.6. The van der Waals surface area contributed by atoms with Crippen LogP contribution >= 0.6 is 0 Å². The van der Waals surface area contributed by atoms with Crippen molar-refractivity contribution >= 4 is 11.3 Å². The monoisotopic (exact) mass is 369 g/mol. The van der Waals surface area contributed by atoms with Crippen LogP contribution in [0.15, 0.2) is 48.4 Å². The van der Waals surface area contributed by atoms with Gasteiger partial charge in [-0.2, -0.15) is 0 Å². The third-order valence-corrected chi connectivity index (χ3v) is 4.78. The van der Waals surface area contributed by atoms with Gasteiger partial charge >= 0.3 is 0 Å². The Morgan fingerprint density at radius 1 is 1.19 bits per heavy atom. The van der Waals surface area contributed by atoms with Crippen molar-refractivity contribution in [3.05, 3.63) is 71.1 Å². The van der Waals surface area contributed by atoms with Crippen molar-refractivity contribution in [1.29, 1.82) is 0 Å². The van der Waals surface area contributed by atoms with Gasteiger partial charge < -0.3 is 27.6 Å². The van der Waals surface area contributed by atoms with E-state index in [2.05, 4.69) is 10.3 Å². The molecule has 1 aromatic heterocycles. The molecule has 142 valence electrons.